The van der Waals surface area contributed by atoms with E-state index in [1.807, 2.05) is 38.2 Å². The Balaban J connectivity index is 5.09. The van der Waals surface area contributed by atoms with Gasteiger partial charge in [-0.2, -0.15) is 0 Å². The van der Waals surface area contributed by atoms with E-state index in [-0.39, 0.29) is 0 Å². The fraction of sp³-hybridized carbons (Fsp3) is 0.143. The van der Waals surface area contributed by atoms with Gasteiger partial charge in [-0.15, -0.1) is 0 Å². The second kappa shape index (κ2) is 6.90. The molecule has 0 aromatic carbocycles. The number of hydrogen-bond acceptors (Lipinski definition) is 0. The monoisotopic (exact) mass is 186 g/mol. The second-order valence-electron chi connectivity index (χ2n) is 2.90. The van der Waals surface area contributed by atoms with Crippen molar-refractivity contribution in [2.24, 2.45) is 0 Å². The molecule has 0 rings (SSSR count). The summed E-state index contributed by atoms with van der Waals surface area (Å²) in [5.41, 5.74) is 3.34. The van der Waals surface area contributed by atoms with Crippen molar-refractivity contribution in [3.63, 3.8) is 0 Å². The van der Waals surface area contributed by atoms with Crippen molar-refractivity contribution in [1.29, 1.82) is 0 Å². The van der Waals surface area contributed by atoms with E-state index in [9.17, 15) is 0 Å². The smallest absolute Gasteiger partial charge is 0.0193 e. The minimum atomic E-state index is 1.07. The summed E-state index contributed by atoms with van der Waals surface area (Å²) in [5, 5.41) is 0. The molecule has 0 spiro atoms. The van der Waals surface area contributed by atoms with Crippen molar-refractivity contribution in [2.75, 3.05) is 0 Å². The standard InChI is InChI=1S/C14H18/c1-6-10-13(8-3)14(9-4)11-12(5)7-2/h6-11H,1-3H2,4-5H3/b12-11+,13-10+,14-9+. The Morgan fingerprint density at radius 3 is 2.00 bits per heavy atom. The number of hydrogen-bond donors (Lipinski definition) is 0. The van der Waals surface area contributed by atoms with Crippen LogP contribution in [0.4, 0.5) is 0 Å². The molecule has 0 radical (unpaired) electrons. The molecule has 0 aromatic rings. The fourth-order valence-electron chi connectivity index (χ4n) is 1.05. The van der Waals surface area contributed by atoms with Crippen LogP contribution in [-0.4, -0.2) is 0 Å². The lowest BCUT2D eigenvalue weighted by molar-refractivity contribution is 1.44. The Hall–Kier alpha value is -1.56. The first-order chi connectivity index (χ1) is 6.69. The van der Waals surface area contributed by atoms with Crippen LogP contribution in [0.3, 0.4) is 0 Å². The van der Waals surface area contributed by atoms with Gasteiger partial charge < -0.3 is 0 Å². The van der Waals surface area contributed by atoms with Crippen LogP contribution in [-0.2, 0) is 0 Å². The van der Waals surface area contributed by atoms with Gasteiger partial charge >= 0.3 is 0 Å². The Kier molecular flexibility index (Phi) is 6.13. The van der Waals surface area contributed by atoms with Gasteiger partial charge in [-0.25, -0.2) is 0 Å². The van der Waals surface area contributed by atoms with Crippen molar-refractivity contribution in [2.45, 2.75) is 13.8 Å². The Bertz CT molecular complexity index is 309. The Labute approximate surface area is 87.3 Å². The lowest BCUT2D eigenvalue weighted by Crippen LogP contribution is -1.83. The molecule has 14 heavy (non-hydrogen) atoms. The lowest BCUT2D eigenvalue weighted by atomic mass is 10.0. The van der Waals surface area contributed by atoms with Gasteiger partial charge in [0, 0.05) is 0 Å². The quantitative estimate of drug-likeness (QED) is 0.559. The molecule has 0 atom stereocenters. The average Bonchev–Trinajstić information content (AvgIpc) is 2.22. The molecule has 0 bridgehead atoms. The van der Waals surface area contributed by atoms with E-state index in [4.69, 9.17) is 0 Å². The maximum atomic E-state index is 3.77. The molecule has 0 fully saturated rings. The molecule has 0 heteroatoms. The first kappa shape index (κ1) is 12.4. The molecule has 0 nitrogen and oxygen atoms in total. The molecule has 0 aliphatic rings. The molecular weight excluding hydrogens is 168 g/mol. The van der Waals surface area contributed by atoms with E-state index < -0.39 is 0 Å². The summed E-state index contributed by atoms with van der Waals surface area (Å²) < 4.78 is 0. The first-order valence-electron chi connectivity index (χ1n) is 4.62. The van der Waals surface area contributed by atoms with Crippen LogP contribution in [0.1, 0.15) is 13.8 Å². The molecule has 0 heterocycles. The zero-order valence-corrected chi connectivity index (χ0v) is 9.09. The van der Waals surface area contributed by atoms with Crippen LogP contribution < -0.4 is 0 Å². The maximum Gasteiger partial charge on any atom is -0.0193 e. The summed E-state index contributed by atoms with van der Waals surface area (Å²) in [7, 11) is 0. The van der Waals surface area contributed by atoms with Gasteiger partial charge in [-0.1, -0.05) is 61.8 Å². The summed E-state index contributed by atoms with van der Waals surface area (Å²) in [4.78, 5) is 0. The normalized spacial score (nSPS) is 13.7. The summed E-state index contributed by atoms with van der Waals surface area (Å²) in [6, 6.07) is 0. The van der Waals surface area contributed by atoms with Crippen molar-refractivity contribution in [1.82, 2.24) is 0 Å². The number of rotatable bonds is 5. The van der Waals surface area contributed by atoms with Crippen LogP contribution >= 0.6 is 0 Å². The van der Waals surface area contributed by atoms with Crippen molar-refractivity contribution < 1.29 is 0 Å². The van der Waals surface area contributed by atoms with Gasteiger partial charge in [0.2, 0.25) is 0 Å². The predicted octanol–water partition coefficient (Wildman–Crippen LogP) is 4.36. The summed E-state index contributed by atoms with van der Waals surface area (Å²) in [6.07, 6.45) is 11.5. The predicted molar refractivity (Wildman–Crippen MR) is 66.2 cm³/mol. The SMILES string of the molecule is C=C/C=C(C=C)/C(/C=C(\C)C=C)=C/C. The van der Waals surface area contributed by atoms with Gasteiger partial charge in [0.1, 0.15) is 0 Å². The van der Waals surface area contributed by atoms with Crippen LogP contribution in [0.5, 0.6) is 0 Å². The summed E-state index contributed by atoms with van der Waals surface area (Å²) >= 11 is 0. The molecule has 0 saturated carbocycles. The fourth-order valence-corrected chi connectivity index (χ4v) is 1.05. The second-order valence-corrected chi connectivity index (χ2v) is 2.90. The molecule has 0 unspecified atom stereocenters. The molecule has 0 amide bonds. The lowest BCUT2D eigenvalue weighted by Gasteiger charge is -2.02. The molecular formula is C14H18. The van der Waals surface area contributed by atoms with Gasteiger partial charge in [0.05, 0.1) is 0 Å². The molecule has 0 saturated heterocycles. The third kappa shape index (κ3) is 3.90. The minimum Gasteiger partial charge on any atom is -0.0990 e. The topological polar surface area (TPSA) is 0 Å². The Morgan fingerprint density at radius 1 is 1.00 bits per heavy atom. The van der Waals surface area contributed by atoms with E-state index in [1.54, 1.807) is 6.08 Å². The van der Waals surface area contributed by atoms with E-state index in [0.717, 1.165) is 16.7 Å². The van der Waals surface area contributed by atoms with E-state index >= 15 is 0 Å². The molecule has 0 aliphatic heterocycles. The third-order valence-electron chi connectivity index (χ3n) is 1.87. The average molecular weight is 186 g/mol. The van der Waals surface area contributed by atoms with Crippen LogP contribution in [0.25, 0.3) is 0 Å². The zero-order chi connectivity index (χ0) is 11.0. The van der Waals surface area contributed by atoms with Crippen LogP contribution in [0.2, 0.25) is 0 Å². The highest BCUT2D eigenvalue weighted by Crippen LogP contribution is 2.15. The van der Waals surface area contributed by atoms with Crippen LogP contribution in [0.15, 0.2) is 72.9 Å². The zero-order valence-electron chi connectivity index (χ0n) is 9.09. The Morgan fingerprint density at radius 2 is 1.64 bits per heavy atom. The highest BCUT2D eigenvalue weighted by molar-refractivity contribution is 5.48. The number of allylic oxidation sites excluding steroid dienone is 9. The van der Waals surface area contributed by atoms with Crippen LogP contribution in [0, 0.1) is 0 Å². The van der Waals surface area contributed by atoms with E-state index in [2.05, 4.69) is 25.8 Å². The van der Waals surface area contributed by atoms with E-state index in [1.165, 1.54) is 0 Å². The third-order valence-corrected chi connectivity index (χ3v) is 1.87. The van der Waals surface area contributed by atoms with Gasteiger partial charge in [0.25, 0.3) is 0 Å². The summed E-state index contributed by atoms with van der Waals surface area (Å²) in [5.74, 6) is 0. The first-order valence-corrected chi connectivity index (χ1v) is 4.62. The van der Waals surface area contributed by atoms with E-state index in [0.29, 0.717) is 0 Å². The van der Waals surface area contributed by atoms with Gasteiger partial charge in [-0.3, -0.25) is 0 Å². The van der Waals surface area contributed by atoms with Crippen molar-refractivity contribution >= 4 is 0 Å². The maximum absolute atomic E-state index is 3.77. The molecule has 74 valence electrons. The summed E-state index contributed by atoms with van der Waals surface area (Å²) in [6.45, 7) is 15.2. The van der Waals surface area contributed by atoms with Crippen molar-refractivity contribution in [3.8, 4) is 0 Å². The molecule has 0 aliphatic carbocycles. The highest BCUT2D eigenvalue weighted by Gasteiger charge is 1.95. The molecule has 0 aromatic heterocycles. The molecule has 0 N–H and O–H groups in total. The minimum absolute atomic E-state index is 1.07. The van der Waals surface area contributed by atoms with Gasteiger partial charge in [-0.05, 0) is 25.0 Å². The van der Waals surface area contributed by atoms with Crippen molar-refractivity contribution in [3.05, 3.63) is 72.9 Å². The largest absolute Gasteiger partial charge is 0.0990 e. The van der Waals surface area contributed by atoms with Gasteiger partial charge in [0.15, 0.2) is 0 Å². The highest BCUT2D eigenvalue weighted by atomic mass is 14.0.